The number of aryl methyl sites for hydroxylation is 1. The fourth-order valence-electron chi connectivity index (χ4n) is 2.69. The highest BCUT2D eigenvalue weighted by Gasteiger charge is 2.15. The second-order valence-electron chi connectivity index (χ2n) is 6.81. The molecule has 0 spiro atoms. The minimum absolute atomic E-state index is 0.220. The first-order valence-electron chi connectivity index (χ1n) is 9.24. The van der Waals surface area contributed by atoms with Crippen LogP contribution in [0.2, 0.25) is 0 Å². The summed E-state index contributed by atoms with van der Waals surface area (Å²) in [7, 11) is 0.256. The van der Waals surface area contributed by atoms with E-state index in [9.17, 15) is 13.2 Å². The van der Waals surface area contributed by atoms with Crippen molar-refractivity contribution in [1.29, 1.82) is 0 Å². The van der Waals surface area contributed by atoms with E-state index in [1.165, 1.54) is 0 Å². The van der Waals surface area contributed by atoms with Gasteiger partial charge in [-0.25, -0.2) is 8.42 Å². The minimum Gasteiger partial charge on any atom is -0.493 e. The molecule has 0 unspecified atom stereocenters. The number of hydrogen-bond donors (Lipinski definition) is 0. The third-order valence-corrected chi connectivity index (χ3v) is 6.77. The lowest BCUT2D eigenvalue weighted by molar-refractivity contribution is -0.119. The average Bonchev–Trinajstić information content (AvgIpc) is 2.61. The normalized spacial score (nSPS) is 11.6. The van der Waals surface area contributed by atoms with E-state index in [1.807, 2.05) is 18.2 Å². The monoisotopic (exact) mass is 384 g/mol. The maximum atomic E-state index is 12.0. The Morgan fingerprint density at radius 3 is 2.23 bits per heavy atom. The summed E-state index contributed by atoms with van der Waals surface area (Å²) in [6, 6.07) is 5.81. The zero-order chi connectivity index (χ0) is 19.6. The lowest BCUT2D eigenvalue weighted by Gasteiger charge is -2.09. The Kier molecular flexibility index (Phi) is 9.70. The highest BCUT2D eigenvalue weighted by Crippen LogP contribution is 2.28. The van der Waals surface area contributed by atoms with E-state index in [-0.39, 0.29) is 16.8 Å². The molecule has 0 bridgehead atoms. The van der Waals surface area contributed by atoms with E-state index in [0.29, 0.717) is 30.8 Å². The molecule has 1 aromatic rings. The predicted octanol–water partition coefficient (Wildman–Crippen LogP) is 3.98. The van der Waals surface area contributed by atoms with Gasteiger partial charge in [0, 0.05) is 12.8 Å². The number of ketones is 1. The molecule has 6 heteroatoms. The van der Waals surface area contributed by atoms with Crippen molar-refractivity contribution in [3.8, 4) is 11.5 Å². The van der Waals surface area contributed by atoms with Gasteiger partial charge in [-0.15, -0.1) is 0 Å². The number of Topliss-reactive ketones (excluding diaryl/α,β-unsaturated/α-hetero) is 1. The standard InChI is InChI=1S/C20H32O5S/c1-16(2)26(22,23)14-7-5-6-10-18(21)11-8-9-17-12-13-19(24-3)20(15-17)25-4/h12-13,15-16H,5-11,14H2,1-4H3. The summed E-state index contributed by atoms with van der Waals surface area (Å²) in [5.41, 5.74) is 1.12. The smallest absolute Gasteiger partial charge is 0.160 e. The Morgan fingerprint density at radius 1 is 0.962 bits per heavy atom. The molecule has 0 aliphatic carbocycles. The SMILES string of the molecule is COc1ccc(CCCC(=O)CCCCCS(=O)(=O)C(C)C)cc1OC. The molecule has 0 atom stereocenters. The molecule has 0 aliphatic rings. The number of sulfone groups is 1. The number of ether oxygens (including phenoxy) is 2. The van der Waals surface area contributed by atoms with E-state index in [1.54, 1.807) is 28.1 Å². The summed E-state index contributed by atoms with van der Waals surface area (Å²) < 4.78 is 33.9. The summed E-state index contributed by atoms with van der Waals surface area (Å²) >= 11 is 0. The zero-order valence-corrected chi connectivity index (χ0v) is 17.2. The van der Waals surface area contributed by atoms with Crippen molar-refractivity contribution in [1.82, 2.24) is 0 Å². The predicted molar refractivity (Wildman–Crippen MR) is 105 cm³/mol. The lowest BCUT2D eigenvalue weighted by atomic mass is 10.0. The lowest BCUT2D eigenvalue weighted by Crippen LogP contribution is -2.17. The van der Waals surface area contributed by atoms with Crippen LogP contribution in [-0.2, 0) is 21.1 Å². The molecular weight excluding hydrogens is 352 g/mol. The summed E-state index contributed by atoms with van der Waals surface area (Å²) in [6.07, 6.45) is 4.90. The Morgan fingerprint density at radius 2 is 1.62 bits per heavy atom. The number of rotatable bonds is 13. The fraction of sp³-hybridized carbons (Fsp3) is 0.650. The van der Waals surface area contributed by atoms with Crippen molar-refractivity contribution in [2.45, 2.75) is 64.0 Å². The number of benzene rings is 1. The maximum Gasteiger partial charge on any atom is 0.160 e. The third kappa shape index (κ3) is 7.77. The molecule has 0 fully saturated rings. The van der Waals surface area contributed by atoms with Gasteiger partial charge in [-0.2, -0.15) is 0 Å². The van der Waals surface area contributed by atoms with Gasteiger partial charge >= 0.3 is 0 Å². The van der Waals surface area contributed by atoms with Crippen LogP contribution in [0.3, 0.4) is 0 Å². The Labute approximate surface area is 158 Å². The van der Waals surface area contributed by atoms with Crippen molar-refractivity contribution in [2.75, 3.05) is 20.0 Å². The molecule has 0 aromatic heterocycles. The molecule has 5 nitrogen and oxygen atoms in total. The van der Waals surface area contributed by atoms with Crippen LogP contribution >= 0.6 is 0 Å². The van der Waals surface area contributed by atoms with Crippen LogP contribution in [0.1, 0.15) is 57.9 Å². The van der Waals surface area contributed by atoms with E-state index in [0.717, 1.165) is 31.2 Å². The largest absolute Gasteiger partial charge is 0.493 e. The first-order valence-corrected chi connectivity index (χ1v) is 11.0. The van der Waals surface area contributed by atoms with Gasteiger partial charge in [0.2, 0.25) is 0 Å². The van der Waals surface area contributed by atoms with Gasteiger partial charge in [-0.05, 0) is 57.2 Å². The van der Waals surface area contributed by atoms with E-state index in [4.69, 9.17) is 9.47 Å². The van der Waals surface area contributed by atoms with Gasteiger partial charge in [0.15, 0.2) is 21.3 Å². The minimum atomic E-state index is -2.96. The molecule has 0 heterocycles. The molecule has 0 saturated heterocycles. The van der Waals surface area contributed by atoms with Crippen molar-refractivity contribution >= 4 is 15.6 Å². The maximum absolute atomic E-state index is 12.0. The van der Waals surface area contributed by atoms with Crippen LogP contribution in [0.15, 0.2) is 18.2 Å². The molecule has 0 amide bonds. The van der Waals surface area contributed by atoms with Crippen molar-refractivity contribution in [2.24, 2.45) is 0 Å². The van der Waals surface area contributed by atoms with Crippen molar-refractivity contribution in [3.63, 3.8) is 0 Å². The molecule has 26 heavy (non-hydrogen) atoms. The van der Waals surface area contributed by atoms with E-state index in [2.05, 4.69) is 0 Å². The van der Waals surface area contributed by atoms with Crippen LogP contribution in [-0.4, -0.2) is 39.4 Å². The fourth-order valence-corrected chi connectivity index (χ4v) is 3.77. The first kappa shape index (κ1) is 22.5. The number of carbonyl (C=O) groups excluding carboxylic acids is 1. The number of hydrogen-bond acceptors (Lipinski definition) is 5. The molecule has 1 rings (SSSR count). The summed E-state index contributed by atoms with van der Waals surface area (Å²) in [5.74, 6) is 1.87. The second-order valence-corrected chi connectivity index (χ2v) is 9.48. The first-order chi connectivity index (χ1) is 12.3. The Balaban J connectivity index is 2.23. The Hall–Kier alpha value is -1.56. The number of methoxy groups -OCH3 is 2. The number of unbranched alkanes of at least 4 members (excludes halogenated alkanes) is 2. The van der Waals surface area contributed by atoms with E-state index < -0.39 is 9.84 Å². The Bertz CT molecular complexity index is 665. The molecule has 148 valence electrons. The molecule has 0 saturated carbocycles. The summed E-state index contributed by atoms with van der Waals surface area (Å²) in [6.45, 7) is 3.41. The van der Waals surface area contributed by atoms with Gasteiger partial charge in [-0.3, -0.25) is 4.79 Å². The quantitative estimate of drug-likeness (QED) is 0.481. The topological polar surface area (TPSA) is 69.7 Å². The van der Waals surface area contributed by atoms with E-state index >= 15 is 0 Å². The van der Waals surface area contributed by atoms with Crippen LogP contribution in [0.25, 0.3) is 0 Å². The molecule has 0 aliphatic heterocycles. The van der Waals surface area contributed by atoms with Crippen molar-refractivity contribution < 1.29 is 22.7 Å². The van der Waals surface area contributed by atoms with Gasteiger partial charge in [0.25, 0.3) is 0 Å². The highest BCUT2D eigenvalue weighted by molar-refractivity contribution is 7.91. The second kappa shape index (κ2) is 11.2. The van der Waals surface area contributed by atoms with Gasteiger partial charge < -0.3 is 9.47 Å². The van der Waals surface area contributed by atoms with Crippen LogP contribution < -0.4 is 9.47 Å². The summed E-state index contributed by atoms with van der Waals surface area (Å²) in [4.78, 5) is 12.0. The molecule has 1 aromatic carbocycles. The average molecular weight is 385 g/mol. The molecule has 0 N–H and O–H groups in total. The molecule has 0 radical (unpaired) electrons. The molecular formula is C20H32O5S. The van der Waals surface area contributed by atoms with Gasteiger partial charge in [-0.1, -0.05) is 12.5 Å². The van der Waals surface area contributed by atoms with Crippen molar-refractivity contribution in [3.05, 3.63) is 23.8 Å². The van der Waals surface area contributed by atoms with Crippen LogP contribution in [0.5, 0.6) is 11.5 Å². The zero-order valence-electron chi connectivity index (χ0n) is 16.4. The third-order valence-electron chi connectivity index (χ3n) is 4.47. The van der Waals surface area contributed by atoms with Crippen LogP contribution in [0.4, 0.5) is 0 Å². The van der Waals surface area contributed by atoms with Gasteiger partial charge in [0.1, 0.15) is 5.78 Å². The number of carbonyl (C=O) groups is 1. The highest BCUT2D eigenvalue weighted by atomic mass is 32.2. The van der Waals surface area contributed by atoms with Gasteiger partial charge in [0.05, 0.1) is 25.2 Å². The van der Waals surface area contributed by atoms with Crippen LogP contribution in [0, 0.1) is 0 Å². The summed E-state index contributed by atoms with van der Waals surface area (Å²) in [5, 5.41) is -0.319.